The van der Waals surface area contributed by atoms with Crippen LogP contribution in [-0.4, -0.2) is 41.1 Å². The van der Waals surface area contributed by atoms with Gasteiger partial charge in [0.2, 0.25) is 5.91 Å². The number of hydrogen-bond donors (Lipinski definition) is 1. The van der Waals surface area contributed by atoms with E-state index < -0.39 is 17.7 Å². The SMILES string of the molecule is C[C@@H]1CCN(C(=O)[C@@H](C)NC(=O)OC(C)(C)C)[C@H]2CCCC[C@@H]12. The lowest BCUT2D eigenvalue weighted by molar-refractivity contribution is -0.140. The lowest BCUT2D eigenvalue weighted by Gasteiger charge is -2.48. The monoisotopic (exact) mass is 324 g/mol. The van der Waals surface area contributed by atoms with E-state index >= 15 is 0 Å². The molecule has 0 unspecified atom stereocenters. The molecule has 0 bridgehead atoms. The summed E-state index contributed by atoms with van der Waals surface area (Å²) in [5, 5.41) is 2.69. The predicted molar refractivity (Wildman–Crippen MR) is 90.1 cm³/mol. The number of amides is 2. The van der Waals surface area contributed by atoms with Crippen molar-refractivity contribution in [2.24, 2.45) is 11.8 Å². The Hall–Kier alpha value is -1.26. The summed E-state index contributed by atoms with van der Waals surface area (Å²) in [6, 6.07) is -0.191. The highest BCUT2D eigenvalue weighted by Gasteiger charge is 2.40. The third-order valence-corrected chi connectivity index (χ3v) is 5.12. The molecule has 4 atom stereocenters. The molecule has 1 saturated carbocycles. The first-order chi connectivity index (χ1) is 10.7. The zero-order valence-electron chi connectivity index (χ0n) is 15.2. The molecule has 1 aliphatic carbocycles. The molecule has 0 aromatic carbocycles. The highest BCUT2D eigenvalue weighted by molar-refractivity contribution is 5.85. The van der Waals surface area contributed by atoms with Gasteiger partial charge in [-0.3, -0.25) is 4.79 Å². The fraction of sp³-hybridized carbons (Fsp3) is 0.889. The summed E-state index contributed by atoms with van der Waals surface area (Å²) in [6.45, 7) is 10.3. The molecule has 1 aliphatic heterocycles. The minimum Gasteiger partial charge on any atom is -0.444 e. The number of nitrogens with zero attached hydrogens (tertiary/aromatic N) is 1. The summed E-state index contributed by atoms with van der Waals surface area (Å²) in [5.41, 5.74) is -0.554. The van der Waals surface area contributed by atoms with Gasteiger partial charge in [-0.25, -0.2) is 4.79 Å². The van der Waals surface area contributed by atoms with E-state index in [0.717, 1.165) is 19.4 Å². The largest absolute Gasteiger partial charge is 0.444 e. The Morgan fingerprint density at radius 1 is 1.17 bits per heavy atom. The number of fused-ring (bicyclic) bond motifs is 1. The Labute approximate surface area is 140 Å². The second-order valence-corrected chi connectivity index (χ2v) is 8.18. The molecule has 1 saturated heterocycles. The van der Waals surface area contributed by atoms with E-state index in [4.69, 9.17) is 4.74 Å². The summed E-state index contributed by atoms with van der Waals surface area (Å²) in [5.74, 6) is 1.34. The van der Waals surface area contributed by atoms with Gasteiger partial charge in [-0.1, -0.05) is 19.8 Å². The molecule has 0 spiro atoms. The van der Waals surface area contributed by atoms with Crippen LogP contribution in [0.2, 0.25) is 0 Å². The number of ether oxygens (including phenoxy) is 1. The van der Waals surface area contributed by atoms with Gasteiger partial charge in [0.25, 0.3) is 0 Å². The minimum absolute atomic E-state index is 0.0275. The van der Waals surface area contributed by atoms with Gasteiger partial charge < -0.3 is 15.0 Å². The molecule has 0 radical (unpaired) electrons. The van der Waals surface area contributed by atoms with Crippen molar-refractivity contribution in [3.8, 4) is 0 Å². The van der Waals surface area contributed by atoms with E-state index in [9.17, 15) is 9.59 Å². The van der Waals surface area contributed by atoms with Crippen molar-refractivity contribution in [2.75, 3.05) is 6.54 Å². The topological polar surface area (TPSA) is 58.6 Å². The standard InChI is InChI=1S/C18H32N2O3/c1-12-10-11-20(15-9-7-6-8-14(12)15)16(21)13(2)19-17(22)23-18(3,4)5/h12-15H,6-11H2,1-5H3,(H,19,22)/t12-,13-,14+,15+/m1/s1. The smallest absolute Gasteiger partial charge is 0.408 e. The van der Waals surface area contributed by atoms with E-state index in [0.29, 0.717) is 17.9 Å². The van der Waals surface area contributed by atoms with Crippen LogP contribution in [0.4, 0.5) is 4.79 Å². The summed E-state index contributed by atoms with van der Waals surface area (Å²) < 4.78 is 5.25. The zero-order chi connectivity index (χ0) is 17.2. The highest BCUT2D eigenvalue weighted by atomic mass is 16.6. The van der Waals surface area contributed by atoms with Gasteiger partial charge in [-0.05, 0) is 58.8 Å². The Bertz CT molecular complexity index is 444. The molecule has 2 rings (SSSR count). The molecule has 2 aliphatic rings. The van der Waals surface area contributed by atoms with Crippen molar-refractivity contribution < 1.29 is 14.3 Å². The van der Waals surface area contributed by atoms with Crippen LogP contribution in [0.1, 0.15) is 66.7 Å². The number of carbonyl (C=O) groups is 2. The van der Waals surface area contributed by atoms with Crippen molar-refractivity contribution in [3.63, 3.8) is 0 Å². The minimum atomic E-state index is -0.554. The molecular formula is C18H32N2O3. The van der Waals surface area contributed by atoms with Gasteiger partial charge in [0.15, 0.2) is 0 Å². The van der Waals surface area contributed by atoms with Gasteiger partial charge >= 0.3 is 6.09 Å². The van der Waals surface area contributed by atoms with Crippen molar-refractivity contribution >= 4 is 12.0 Å². The molecule has 1 N–H and O–H groups in total. The molecule has 0 aromatic rings. The predicted octanol–water partition coefficient (Wildman–Crippen LogP) is 3.33. The maximum atomic E-state index is 12.8. The van der Waals surface area contributed by atoms with Crippen molar-refractivity contribution in [2.45, 2.75) is 84.4 Å². The first-order valence-electron chi connectivity index (χ1n) is 8.99. The molecule has 5 heteroatoms. The summed E-state index contributed by atoms with van der Waals surface area (Å²) in [6.07, 6.45) is 5.34. The summed E-state index contributed by atoms with van der Waals surface area (Å²) in [7, 11) is 0. The number of alkyl carbamates (subject to hydrolysis) is 1. The number of piperidine rings is 1. The Balaban J connectivity index is 1.97. The van der Waals surface area contributed by atoms with Crippen LogP contribution in [0, 0.1) is 11.8 Å². The second-order valence-electron chi connectivity index (χ2n) is 8.18. The van der Waals surface area contributed by atoms with Crippen molar-refractivity contribution in [3.05, 3.63) is 0 Å². The number of rotatable bonds is 2. The Morgan fingerprint density at radius 2 is 1.83 bits per heavy atom. The lowest BCUT2D eigenvalue weighted by Crippen LogP contribution is -2.57. The Morgan fingerprint density at radius 3 is 2.48 bits per heavy atom. The quantitative estimate of drug-likeness (QED) is 0.847. The number of likely N-dealkylation sites (tertiary alicyclic amines) is 1. The lowest BCUT2D eigenvalue weighted by atomic mass is 9.72. The van der Waals surface area contributed by atoms with Crippen LogP contribution in [0.15, 0.2) is 0 Å². The average molecular weight is 324 g/mol. The van der Waals surface area contributed by atoms with Crippen LogP contribution >= 0.6 is 0 Å². The van der Waals surface area contributed by atoms with Crippen LogP contribution in [0.5, 0.6) is 0 Å². The normalized spacial score (nSPS) is 29.4. The average Bonchev–Trinajstić information content (AvgIpc) is 2.45. The highest BCUT2D eigenvalue weighted by Crippen LogP contribution is 2.38. The van der Waals surface area contributed by atoms with Gasteiger partial charge in [0.1, 0.15) is 11.6 Å². The third kappa shape index (κ3) is 4.61. The van der Waals surface area contributed by atoms with Gasteiger partial charge in [0, 0.05) is 12.6 Å². The van der Waals surface area contributed by atoms with Crippen LogP contribution in [0.3, 0.4) is 0 Å². The zero-order valence-corrected chi connectivity index (χ0v) is 15.2. The number of carbonyl (C=O) groups excluding carboxylic acids is 2. The summed E-state index contributed by atoms with van der Waals surface area (Å²) >= 11 is 0. The maximum absolute atomic E-state index is 12.8. The molecular weight excluding hydrogens is 292 g/mol. The fourth-order valence-electron chi connectivity index (χ4n) is 3.98. The van der Waals surface area contributed by atoms with Crippen LogP contribution in [-0.2, 0) is 9.53 Å². The summed E-state index contributed by atoms with van der Waals surface area (Å²) in [4.78, 5) is 26.7. The third-order valence-electron chi connectivity index (χ3n) is 5.12. The number of hydrogen-bond acceptors (Lipinski definition) is 3. The first kappa shape index (κ1) is 18.1. The van der Waals surface area contributed by atoms with E-state index in [-0.39, 0.29) is 5.91 Å². The second kappa shape index (κ2) is 7.10. The fourth-order valence-corrected chi connectivity index (χ4v) is 3.98. The Kier molecular flexibility index (Phi) is 5.58. The van der Waals surface area contributed by atoms with Gasteiger partial charge in [-0.2, -0.15) is 0 Å². The first-order valence-corrected chi connectivity index (χ1v) is 8.99. The van der Waals surface area contributed by atoms with E-state index in [1.807, 2.05) is 25.7 Å². The van der Waals surface area contributed by atoms with Crippen LogP contribution in [0.25, 0.3) is 0 Å². The molecule has 2 amide bonds. The molecule has 5 nitrogen and oxygen atoms in total. The van der Waals surface area contributed by atoms with E-state index in [1.54, 1.807) is 6.92 Å². The maximum Gasteiger partial charge on any atom is 0.408 e. The molecule has 132 valence electrons. The van der Waals surface area contributed by atoms with Gasteiger partial charge in [-0.15, -0.1) is 0 Å². The van der Waals surface area contributed by atoms with E-state index in [2.05, 4.69) is 12.2 Å². The molecule has 1 heterocycles. The molecule has 0 aromatic heterocycles. The van der Waals surface area contributed by atoms with Crippen LogP contribution < -0.4 is 5.32 Å². The van der Waals surface area contributed by atoms with Gasteiger partial charge in [0.05, 0.1) is 0 Å². The van der Waals surface area contributed by atoms with Crippen molar-refractivity contribution in [1.82, 2.24) is 10.2 Å². The van der Waals surface area contributed by atoms with Crippen molar-refractivity contribution in [1.29, 1.82) is 0 Å². The molecule has 2 fully saturated rings. The number of nitrogens with one attached hydrogen (secondary N) is 1. The molecule has 23 heavy (non-hydrogen) atoms. The van der Waals surface area contributed by atoms with E-state index in [1.165, 1.54) is 19.3 Å².